The van der Waals surface area contributed by atoms with Crippen molar-refractivity contribution in [3.05, 3.63) is 48.2 Å². The van der Waals surface area contributed by atoms with Crippen molar-refractivity contribution in [3.63, 3.8) is 0 Å². The Labute approximate surface area is 140 Å². The highest BCUT2D eigenvalue weighted by Gasteiger charge is 2.50. The van der Waals surface area contributed by atoms with Gasteiger partial charge >= 0.3 is 12.2 Å². The molecule has 24 heavy (non-hydrogen) atoms. The second-order valence-corrected chi connectivity index (χ2v) is 6.45. The summed E-state index contributed by atoms with van der Waals surface area (Å²) >= 11 is 0. The van der Waals surface area contributed by atoms with Gasteiger partial charge in [0.2, 0.25) is 0 Å². The maximum Gasteiger partial charge on any atom is 0.414 e. The molecule has 2 heterocycles. The molecule has 0 unspecified atom stereocenters. The van der Waals surface area contributed by atoms with Gasteiger partial charge in [0.25, 0.3) is 0 Å². The van der Waals surface area contributed by atoms with Gasteiger partial charge in [-0.1, -0.05) is 30.8 Å². The van der Waals surface area contributed by atoms with Crippen LogP contribution in [0.5, 0.6) is 0 Å². The molecule has 3 aliphatic rings. The predicted octanol–water partition coefficient (Wildman–Crippen LogP) is 2.85. The predicted molar refractivity (Wildman–Crippen MR) is 86.3 cm³/mol. The van der Waals surface area contributed by atoms with Crippen LogP contribution in [-0.2, 0) is 15.9 Å². The van der Waals surface area contributed by atoms with Crippen molar-refractivity contribution in [1.82, 2.24) is 9.80 Å². The van der Waals surface area contributed by atoms with E-state index in [-0.39, 0.29) is 30.4 Å². The van der Waals surface area contributed by atoms with Crippen LogP contribution in [0.1, 0.15) is 30.0 Å². The molecule has 2 saturated heterocycles. The van der Waals surface area contributed by atoms with Crippen molar-refractivity contribution in [2.24, 2.45) is 0 Å². The number of hydrogen-bond donors (Lipinski definition) is 0. The molecule has 2 fully saturated rings. The number of ether oxygens (including phenoxy) is 2. The molecule has 1 aliphatic carbocycles. The van der Waals surface area contributed by atoms with Gasteiger partial charge in [-0.2, -0.15) is 0 Å². The minimum Gasteiger partial charge on any atom is -0.443 e. The number of carbonyl (C=O) groups excluding carboxylic acids is 2. The zero-order chi connectivity index (χ0) is 16.7. The molecule has 1 aromatic rings. The Balaban J connectivity index is 1.50. The third-order valence-electron chi connectivity index (χ3n) is 5.21. The van der Waals surface area contributed by atoms with E-state index in [9.17, 15) is 9.59 Å². The molecule has 1 aromatic carbocycles. The van der Waals surface area contributed by atoms with E-state index < -0.39 is 0 Å². The van der Waals surface area contributed by atoms with E-state index in [0.29, 0.717) is 13.1 Å². The SMILES string of the molecule is C=COC(=O)N1CCC(N2C(=O)O[C@H]3Cc4ccccc4[C@H]32)CC1. The fraction of sp³-hybridized carbons (Fsp3) is 0.444. The quantitative estimate of drug-likeness (QED) is 0.783. The number of hydrogen-bond acceptors (Lipinski definition) is 4. The van der Waals surface area contributed by atoms with Crippen LogP contribution >= 0.6 is 0 Å². The molecule has 0 N–H and O–H groups in total. The van der Waals surface area contributed by atoms with Gasteiger partial charge in [0.15, 0.2) is 0 Å². The summed E-state index contributed by atoms with van der Waals surface area (Å²) in [6, 6.07) is 8.32. The van der Waals surface area contributed by atoms with E-state index in [2.05, 4.69) is 18.7 Å². The van der Waals surface area contributed by atoms with Crippen LogP contribution in [0.25, 0.3) is 0 Å². The monoisotopic (exact) mass is 328 g/mol. The molecule has 0 radical (unpaired) electrons. The van der Waals surface area contributed by atoms with Crippen LogP contribution in [0, 0.1) is 0 Å². The molecule has 2 aliphatic heterocycles. The molecule has 2 atom stereocenters. The molecule has 0 aromatic heterocycles. The van der Waals surface area contributed by atoms with Crippen LogP contribution in [0.4, 0.5) is 9.59 Å². The number of likely N-dealkylation sites (tertiary alicyclic amines) is 1. The summed E-state index contributed by atoms with van der Waals surface area (Å²) in [6.45, 7) is 4.54. The van der Waals surface area contributed by atoms with Crippen molar-refractivity contribution in [3.8, 4) is 0 Å². The van der Waals surface area contributed by atoms with Gasteiger partial charge in [0.1, 0.15) is 6.10 Å². The van der Waals surface area contributed by atoms with Gasteiger partial charge in [-0.05, 0) is 24.0 Å². The number of carbonyl (C=O) groups is 2. The first-order valence-corrected chi connectivity index (χ1v) is 8.32. The molecule has 6 heteroatoms. The van der Waals surface area contributed by atoms with Gasteiger partial charge in [0.05, 0.1) is 12.3 Å². The highest BCUT2D eigenvalue weighted by molar-refractivity contribution is 5.73. The third kappa shape index (κ3) is 2.33. The van der Waals surface area contributed by atoms with Crippen molar-refractivity contribution in [2.75, 3.05) is 13.1 Å². The normalized spacial score (nSPS) is 25.9. The van der Waals surface area contributed by atoms with Crippen LogP contribution in [-0.4, -0.2) is 47.2 Å². The molecule has 2 amide bonds. The highest BCUT2D eigenvalue weighted by atomic mass is 16.6. The molecule has 0 saturated carbocycles. The van der Waals surface area contributed by atoms with Crippen molar-refractivity contribution < 1.29 is 19.1 Å². The molecule has 4 rings (SSSR count). The fourth-order valence-electron chi connectivity index (χ4n) is 4.12. The standard InChI is InChI=1S/C18H20N2O4/c1-2-23-17(21)19-9-7-13(8-10-19)20-16-14-6-4-3-5-12(14)11-15(16)24-18(20)22/h2-6,13,15-16H,1,7-11H2/t15-,16+/m0/s1. The summed E-state index contributed by atoms with van der Waals surface area (Å²) in [7, 11) is 0. The lowest BCUT2D eigenvalue weighted by Crippen LogP contribution is -2.47. The van der Waals surface area contributed by atoms with E-state index in [1.165, 1.54) is 11.1 Å². The number of nitrogens with zero attached hydrogens (tertiary/aromatic N) is 2. The van der Waals surface area contributed by atoms with Crippen molar-refractivity contribution >= 4 is 12.2 Å². The number of fused-ring (bicyclic) bond motifs is 3. The van der Waals surface area contributed by atoms with Crippen LogP contribution < -0.4 is 0 Å². The summed E-state index contributed by atoms with van der Waals surface area (Å²) < 4.78 is 10.4. The van der Waals surface area contributed by atoms with Gasteiger partial charge in [0, 0.05) is 25.6 Å². The van der Waals surface area contributed by atoms with Crippen LogP contribution in [0.15, 0.2) is 37.1 Å². The molecular formula is C18H20N2O4. The van der Waals surface area contributed by atoms with Gasteiger partial charge < -0.3 is 14.4 Å². The first-order chi connectivity index (χ1) is 11.7. The Kier molecular flexibility index (Phi) is 3.67. The van der Waals surface area contributed by atoms with Gasteiger partial charge in [-0.15, -0.1) is 0 Å². The smallest absolute Gasteiger partial charge is 0.414 e. The van der Waals surface area contributed by atoms with E-state index in [0.717, 1.165) is 25.5 Å². The average Bonchev–Trinajstić information content (AvgIpc) is 3.09. The van der Waals surface area contributed by atoms with Gasteiger partial charge in [-0.3, -0.25) is 4.90 Å². The molecular weight excluding hydrogens is 308 g/mol. The van der Waals surface area contributed by atoms with E-state index in [1.807, 2.05) is 17.0 Å². The molecule has 6 nitrogen and oxygen atoms in total. The summed E-state index contributed by atoms with van der Waals surface area (Å²) in [6.07, 6.45) is 2.70. The van der Waals surface area contributed by atoms with E-state index >= 15 is 0 Å². The molecule has 0 spiro atoms. The average molecular weight is 328 g/mol. The summed E-state index contributed by atoms with van der Waals surface area (Å²) in [5, 5.41) is 0. The Hall–Kier alpha value is -2.50. The van der Waals surface area contributed by atoms with Crippen LogP contribution in [0.3, 0.4) is 0 Å². The van der Waals surface area contributed by atoms with Crippen molar-refractivity contribution in [1.29, 1.82) is 0 Å². The van der Waals surface area contributed by atoms with Crippen LogP contribution in [0.2, 0.25) is 0 Å². The summed E-state index contributed by atoms with van der Waals surface area (Å²) in [5.74, 6) is 0. The van der Waals surface area contributed by atoms with E-state index in [4.69, 9.17) is 9.47 Å². The topological polar surface area (TPSA) is 59.1 Å². The minimum absolute atomic E-state index is 0.00498. The zero-order valence-corrected chi connectivity index (χ0v) is 13.4. The van der Waals surface area contributed by atoms with E-state index in [1.54, 1.807) is 4.90 Å². The Bertz CT molecular complexity index is 681. The lowest BCUT2D eigenvalue weighted by Gasteiger charge is -2.37. The minimum atomic E-state index is -0.378. The summed E-state index contributed by atoms with van der Waals surface area (Å²) in [5.41, 5.74) is 2.46. The zero-order valence-electron chi connectivity index (χ0n) is 13.4. The second kappa shape index (κ2) is 5.85. The Morgan fingerprint density at radius 2 is 2.04 bits per heavy atom. The summed E-state index contributed by atoms with van der Waals surface area (Å²) in [4.78, 5) is 27.7. The maximum atomic E-state index is 12.4. The Morgan fingerprint density at radius 3 is 2.79 bits per heavy atom. The highest BCUT2D eigenvalue weighted by Crippen LogP contribution is 2.44. The van der Waals surface area contributed by atoms with Crippen molar-refractivity contribution in [2.45, 2.75) is 37.5 Å². The lowest BCUT2D eigenvalue weighted by atomic mass is 9.99. The fourth-order valence-corrected chi connectivity index (χ4v) is 4.12. The molecule has 0 bridgehead atoms. The molecule has 126 valence electrons. The lowest BCUT2D eigenvalue weighted by molar-refractivity contribution is 0.0932. The number of amides is 2. The number of benzene rings is 1. The first kappa shape index (κ1) is 15.1. The Morgan fingerprint density at radius 1 is 1.29 bits per heavy atom. The second-order valence-electron chi connectivity index (χ2n) is 6.45. The largest absolute Gasteiger partial charge is 0.443 e. The number of rotatable bonds is 2. The third-order valence-corrected chi connectivity index (χ3v) is 5.21. The number of piperidine rings is 1. The first-order valence-electron chi connectivity index (χ1n) is 8.32. The van der Waals surface area contributed by atoms with Gasteiger partial charge in [-0.25, -0.2) is 9.59 Å². The maximum absolute atomic E-state index is 12.4.